The van der Waals surface area contributed by atoms with E-state index in [-0.39, 0.29) is 0 Å². The summed E-state index contributed by atoms with van der Waals surface area (Å²) < 4.78 is 0.339. The second-order valence-corrected chi connectivity index (χ2v) is 7.76. The number of aliphatic imine (C=N–C) groups is 1. The number of likely N-dealkylation sites (tertiary alicyclic amines) is 1. The van der Waals surface area contributed by atoms with Crippen molar-refractivity contribution in [2.45, 2.75) is 31.9 Å². The Morgan fingerprint density at radius 2 is 2.11 bits per heavy atom. The molecule has 2 saturated heterocycles. The van der Waals surface area contributed by atoms with E-state index in [4.69, 9.17) is 4.99 Å². The molecular weight excluding hydrogens is 256 g/mol. The molecule has 1 N–H and O–H groups in total. The topological polar surface area (TPSA) is 30.9 Å². The van der Waals surface area contributed by atoms with E-state index < -0.39 is 0 Å². The quantitative estimate of drug-likeness (QED) is 0.626. The fraction of sp³-hybridized carbons (Fsp3) is 0.929. The van der Waals surface area contributed by atoms with Crippen LogP contribution in [0.4, 0.5) is 0 Å². The minimum Gasteiger partial charge on any atom is -0.357 e. The first-order valence-electron chi connectivity index (χ1n) is 7.50. The van der Waals surface area contributed by atoms with E-state index in [0.29, 0.717) is 4.75 Å². The SMILES string of the molecule is CCNC(=NCCN1CCC1)N1CCSC(C)(C)C1. The van der Waals surface area contributed by atoms with Crippen LogP contribution >= 0.6 is 11.8 Å². The number of guanidine groups is 1. The summed E-state index contributed by atoms with van der Waals surface area (Å²) in [5.74, 6) is 2.31. The number of rotatable bonds is 4. The standard InChI is InChI=1S/C14H28N4S/c1-4-15-13(16-6-9-17-7-5-8-17)18-10-11-19-14(2,3)12-18/h4-12H2,1-3H3,(H,15,16). The maximum absolute atomic E-state index is 4.81. The summed E-state index contributed by atoms with van der Waals surface area (Å²) in [5, 5.41) is 3.45. The molecule has 2 rings (SSSR count). The highest BCUT2D eigenvalue weighted by molar-refractivity contribution is 8.00. The van der Waals surface area contributed by atoms with Crippen LogP contribution in [0.15, 0.2) is 4.99 Å². The second kappa shape index (κ2) is 6.84. The normalized spacial score (nSPS) is 24.2. The average Bonchev–Trinajstić information content (AvgIpc) is 2.29. The fourth-order valence-electron chi connectivity index (χ4n) is 2.53. The summed E-state index contributed by atoms with van der Waals surface area (Å²) in [6.45, 7) is 14.5. The van der Waals surface area contributed by atoms with Gasteiger partial charge in [0.1, 0.15) is 0 Å². The van der Waals surface area contributed by atoms with Gasteiger partial charge in [0.05, 0.1) is 6.54 Å². The lowest BCUT2D eigenvalue weighted by atomic mass is 10.2. The molecule has 0 atom stereocenters. The van der Waals surface area contributed by atoms with Crippen molar-refractivity contribution in [1.29, 1.82) is 0 Å². The van der Waals surface area contributed by atoms with Gasteiger partial charge in [0.15, 0.2) is 5.96 Å². The van der Waals surface area contributed by atoms with Crippen LogP contribution in [0.1, 0.15) is 27.2 Å². The first-order valence-corrected chi connectivity index (χ1v) is 8.49. The summed E-state index contributed by atoms with van der Waals surface area (Å²) in [5.41, 5.74) is 0. The van der Waals surface area contributed by atoms with E-state index in [9.17, 15) is 0 Å². The highest BCUT2D eigenvalue weighted by Gasteiger charge is 2.28. The number of hydrogen-bond donors (Lipinski definition) is 1. The molecule has 0 aromatic rings. The van der Waals surface area contributed by atoms with E-state index in [0.717, 1.165) is 38.7 Å². The Morgan fingerprint density at radius 3 is 2.68 bits per heavy atom. The number of thioether (sulfide) groups is 1. The molecule has 0 radical (unpaired) electrons. The smallest absolute Gasteiger partial charge is 0.194 e. The molecule has 0 aromatic carbocycles. The maximum atomic E-state index is 4.81. The van der Waals surface area contributed by atoms with Crippen molar-refractivity contribution in [3.05, 3.63) is 0 Å². The molecule has 0 aromatic heterocycles. The van der Waals surface area contributed by atoms with Gasteiger partial charge < -0.3 is 15.1 Å². The molecule has 2 aliphatic heterocycles. The second-order valence-electron chi connectivity index (χ2n) is 5.96. The Balaban J connectivity index is 1.87. The molecule has 0 aliphatic carbocycles. The predicted molar refractivity (Wildman–Crippen MR) is 85.1 cm³/mol. The first-order chi connectivity index (χ1) is 9.11. The Morgan fingerprint density at radius 1 is 1.32 bits per heavy atom. The molecule has 0 bridgehead atoms. The van der Waals surface area contributed by atoms with Gasteiger partial charge in [-0.25, -0.2) is 0 Å². The van der Waals surface area contributed by atoms with Crippen molar-refractivity contribution in [2.24, 2.45) is 4.99 Å². The van der Waals surface area contributed by atoms with Crippen molar-refractivity contribution < 1.29 is 0 Å². The Kier molecular flexibility index (Phi) is 5.39. The molecule has 2 heterocycles. The van der Waals surface area contributed by atoms with Crippen LogP contribution in [0.3, 0.4) is 0 Å². The van der Waals surface area contributed by atoms with E-state index in [1.165, 1.54) is 25.3 Å². The zero-order valence-corrected chi connectivity index (χ0v) is 13.4. The van der Waals surface area contributed by atoms with E-state index in [1.807, 2.05) is 0 Å². The highest BCUT2D eigenvalue weighted by atomic mass is 32.2. The van der Waals surface area contributed by atoms with Crippen molar-refractivity contribution >= 4 is 17.7 Å². The number of nitrogens with zero attached hydrogens (tertiary/aromatic N) is 3. The van der Waals surface area contributed by atoms with Gasteiger partial charge in [-0.05, 0) is 40.3 Å². The largest absolute Gasteiger partial charge is 0.357 e. The third kappa shape index (κ3) is 4.56. The van der Waals surface area contributed by atoms with E-state index >= 15 is 0 Å². The van der Waals surface area contributed by atoms with Crippen molar-refractivity contribution in [2.75, 3.05) is 51.6 Å². The van der Waals surface area contributed by atoms with Crippen LogP contribution in [-0.4, -0.2) is 72.1 Å². The van der Waals surface area contributed by atoms with E-state index in [2.05, 4.69) is 47.6 Å². The molecule has 2 aliphatic rings. The van der Waals surface area contributed by atoms with Gasteiger partial charge in [-0.15, -0.1) is 0 Å². The van der Waals surface area contributed by atoms with Gasteiger partial charge in [0.2, 0.25) is 0 Å². The van der Waals surface area contributed by atoms with Crippen LogP contribution < -0.4 is 5.32 Å². The first kappa shape index (κ1) is 15.0. The third-order valence-electron chi connectivity index (χ3n) is 3.69. The van der Waals surface area contributed by atoms with Crippen molar-refractivity contribution in [1.82, 2.24) is 15.1 Å². The molecule has 0 saturated carbocycles. The van der Waals surface area contributed by atoms with Gasteiger partial charge in [0.25, 0.3) is 0 Å². The van der Waals surface area contributed by atoms with Crippen LogP contribution in [0, 0.1) is 0 Å². The zero-order chi connectivity index (χ0) is 13.7. The maximum Gasteiger partial charge on any atom is 0.194 e. The average molecular weight is 284 g/mol. The van der Waals surface area contributed by atoms with Crippen LogP contribution in [0.5, 0.6) is 0 Å². The number of nitrogens with one attached hydrogen (secondary N) is 1. The third-order valence-corrected chi connectivity index (χ3v) is 4.98. The molecule has 2 fully saturated rings. The fourth-order valence-corrected chi connectivity index (χ4v) is 3.64. The van der Waals surface area contributed by atoms with Crippen LogP contribution in [-0.2, 0) is 0 Å². The molecule has 110 valence electrons. The highest BCUT2D eigenvalue weighted by Crippen LogP contribution is 2.29. The van der Waals surface area contributed by atoms with Crippen molar-refractivity contribution in [3.8, 4) is 0 Å². The minimum atomic E-state index is 0.339. The summed E-state index contributed by atoms with van der Waals surface area (Å²) in [6, 6.07) is 0. The Labute approximate surface area is 122 Å². The predicted octanol–water partition coefficient (Wildman–Crippen LogP) is 1.48. The lowest BCUT2D eigenvalue weighted by Crippen LogP contribution is -2.51. The summed E-state index contributed by atoms with van der Waals surface area (Å²) >= 11 is 2.07. The van der Waals surface area contributed by atoms with Gasteiger partial charge in [0, 0.05) is 36.7 Å². The summed E-state index contributed by atoms with van der Waals surface area (Å²) in [4.78, 5) is 9.71. The van der Waals surface area contributed by atoms with Crippen molar-refractivity contribution in [3.63, 3.8) is 0 Å². The summed E-state index contributed by atoms with van der Waals surface area (Å²) in [7, 11) is 0. The zero-order valence-electron chi connectivity index (χ0n) is 12.6. The number of hydrogen-bond acceptors (Lipinski definition) is 3. The van der Waals surface area contributed by atoms with Crippen LogP contribution in [0.25, 0.3) is 0 Å². The Bertz CT molecular complexity index is 313. The molecule has 0 amide bonds. The van der Waals surface area contributed by atoms with Gasteiger partial charge in [-0.3, -0.25) is 4.99 Å². The van der Waals surface area contributed by atoms with Crippen LogP contribution in [0.2, 0.25) is 0 Å². The molecule has 19 heavy (non-hydrogen) atoms. The Hall–Kier alpha value is -0.420. The van der Waals surface area contributed by atoms with Gasteiger partial charge in [-0.2, -0.15) is 11.8 Å². The molecular formula is C14H28N4S. The minimum absolute atomic E-state index is 0.339. The molecule has 4 nitrogen and oxygen atoms in total. The molecule has 0 spiro atoms. The molecule has 5 heteroatoms. The lowest BCUT2D eigenvalue weighted by molar-refractivity contribution is 0.187. The van der Waals surface area contributed by atoms with Gasteiger partial charge in [-0.1, -0.05) is 0 Å². The van der Waals surface area contributed by atoms with Gasteiger partial charge >= 0.3 is 0 Å². The molecule has 0 unspecified atom stereocenters. The van der Waals surface area contributed by atoms with E-state index in [1.54, 1.807) is 0 Å². The summed E-state index contributed by atoms with van der Waals surface area (Å²) in [6.07, 6.45) is 1.36. The lowest BCUT2D eigenvalue weighted by Gasteiger charge is -2.39. The monoisotopic (exact) mass is 284 g/mol.